The smallest absolute Gasteiger partial charge is 0.387 e. The highest BCUT2D eigenvalue weighted by molar-refractivity contribution is 6.30. The van der Waals surface area contributed by atoms with Crippen LogP contribution in [-0.2, 0) is 4.79 Å². The number of hydrogen-bond acceptors (Lipinski definition) is 6. The number of alkyl halides is 4. The number of pyridine rings is 1. The molecule has 2 aliphatic heterocycles. The number of aromatic nitrogens is 1. The van der Waals surface area contributed by atoms with Crippen LogP contribution in [0.3, 0.4) is 0 Å². The number of ether oxygens (including phenoxy) is 2. The van der Waals surface area contributed by atoms with Gasteiger partial charge in [0, 0.05) is 35.4 Å². The highest BCUT2D eigenvalue weighted by atomic mass is 35.5. The normalized spacial score (nSPS) is 20.7. The summed E-state index contributed by atoms with van der Waals surface area (Å²) >= 11 is 5.89. The lowest BCUT2D eigenvalue weighted by atomic mass is 9.96. The van der Waals surface area contributed by atoms with E-state index in [-0.39, 0.29) is 40.2 Å². The van der Waals surface area contributed by atoms with Crippen LogP contribution in [-0.4, -0.2) is 60.1 Å². The maximum absolute atomic E-state index is 13.2. The molecule has 2 saturated heterocycles. The fourth-order valence-corrected chi connectivity index (χ4v) is 5.21. The number of hydrogen-bond donors (Lipinski definition) is 2. The molecule has 1 aromatic carbocycles. The molecular formula is C26H29ClF4N4O4. The van der Waals surface area contributed by atoms with Gasteiger partial charge >= 0.3 is 6.61 Å². The van der Waals surface area contributed by atoms with Crippen molar-refractivity contribution < 1.29 is 36.6 Å². The van der Waals surface area contributed by atoms with Gasteiger partial charge in [-0.2, -0.15) is 8.78 Å². The lowest BCUT2D eigenvalue weighted by molar-refractivity contribution is -0.135. The Morgan fingerprint density at radius 1 is 1.10 bits per heavy atom. The van der Waals surface area contributed by atoms with Gasteiger partial charge in [-0.05, 0) is 63.8 Å². The number of fused-ring (bicyclic) bond motifs is 2. The molecule has 2 aromatic rings. The first-order valence-corrected chi connectivity index (χ1v) is 12.9. The fourth-order valence-electron chi connectivity index (χ4n) is 5.05. The second-order valence-corrected chi connectivity index (χ2v) is 10.5. The summed E-state index contributed by atoms with van der Waals surface area (Å²) in [5.41, 5.74) is -1.20. The van der Waals surface area contributed by atoms with Gasteiger partial charge < -0.3 is 25.0 Å². The molecule has 8 nitrogen and oxygen atoms in total. The largest absolute Gasteiger partial charge is 0.474 e. The number of carbonyl (C=O) groups excluding carboxylic acids is 2. The maximum Gasteiger partial charge on any atom is 0.387 e. The molecule has 2 fully saturated rings. The van der Waals surface area contributed by atoms with Crippen molar-refractivity contribution >= 4 is 29.2 Å². The first-order valence-electron chi connectivity index (χ1n) is 12.5. The Labute approximate surface area is 228 Å². The third-order valence-electron chi connectivity index (χ3n) is 6.79. The maximum atomic E-state index is 13.2. The number of halogens is 5. The Balaban J connectivity index is 1.37. The summed E-state index contributed by atoms with van der Waals surface area (Å²) in [6.45, 7) is -0.737. The molecule has 2 bridgehead atoms. The van der Waals surface area contributed by atoms with Crippen molar-refractivity contribution in [1.82, 2.24) is 15.6 Å². The lowest BCUT2D eigenvalue weighted by Crippen LogP contribution is -2.55. The van der Waals surface area contributed by atoms with Gasteiger partial charge in [-0.3, -0.25) is 9.59 Å². The number of piperidine rings is 1. The molecule has 39 heavy (non-hydrogen) atoms. The van der Waals surface area contributed by atoms with Crippen molar-refractivity contribution in [2.75, 3.05) is 11.4 Å². The molecule has 2 amide bonds. The molecule has 13 heteroatoms. The molecule has 3 heterocycles. The standard InChI is InChI=1S/C26H29ClF4N4O4/c1-26(2,39-19-7-4-15(27)9-20(19)38-25(30)31)24(37)34-16-10-17-5-6-18(11-16)35(17)22-8-3-14(12-32-22)23(36)33-13-21(28)29/h3-4,7-9,12,16-18,21,25H,5-6,10-11,13H2,1-2H3,(H,33,36)(H,34,37)/t16?,17-,18+. The van der Waals surface area contributed by atoms with Crippen molar-refractivity contribution in [2.45, 2.75) is 76.3 Å². The highest BCUT2D eigenvalue weighted by Gasteiger charge is 2.43. The number of carbonyl (C=O) groups is 2. The average Bonchev–Trinajstić information content (AvgIpc) is 3.13. The van der Waals surface area contributed by atoms with E-state index in [2.05, 4.69) is 25.3 Å². The van der Waals surface area contributed by atoms with Gasteiger partial charge in [0.2, 0.25) is 0 Å². The summed E-state index contributed by atoms with van der Waals surface area (Å²) < 4.78 is 60.6. The lowest BCUT2D eigenvalue weighted by Gasteiger charge is -2.40. The average molecular weight is 573 g/mol. The van der Waals surface area contributed by atoms with Crippen molar-refractivity contribution in [3.8, 4) is 11.5 Å². The second kappa shape index (κ2) is 11.8. The Hall–Kier alpha value is -3.28. The minimum atomic E-state index is -3.09. The predicted octanol–water partition coefficient (Wildman–Crippen LogP) is 4.80. The Bertz CT molecular complexity index is 1170. The molecular weight excluding hydrogens is 544 g/mol. The zero-order valence-corrected chi connectivity index (χ0v) is 22.1. The molecule has 212 valence electrons. The Morgan fingerprint density at radius 2 is 1.79 bits per heavy atom. The fraction of sp³-hybridized carbons (Fsp3) is 0.500. The summed E-state index contributed by atoms with van der Waals surface area (Å²) in [6.07, 6.45) is 1.83. The number of nitrogens with one attached hydrogen (secondary N) is 2. The van der Waals surface area contributed by atoms with Gasteiger partial charge in [0.15, 0.2) is 17.1 Å². The van der Waals surface area contributed by atoms with Crippen LogP contribution in [0.1, 0.15) is 49.9 Å². The van der Waals surface area contributed by atoms with Gasteiger partial charge in [-0.25, -0.2) is 13.8 Å². The van der Waals surface area contributed by atoms with E-state index in [9.17, 15) is 27.2 Å². The third kappa shape index (κ3) is 7.03. The molecule has 0 saturated carbocycles. The van der Waals surface area contributed by atoms with Gasteiger partial charge in [-0.15, -0.1) is 0 Å². The van der Waals surface area contributed by atoms with Crippen molar-refractivity contribution in [3.63, 3.8) is 0 Å². The van der Waals surface area contributed by atoms with Crippen LogP contribution in [0, 0.1) is 0 Å². The number of anilines is 1. The minimum Gasteiger partial charge on any atom is -0.474 e. The summed E-state index contributed by atoms with van der Waals surface area (Å²) in [5, 5.41) is 5.37. The molecule has 4 rings (SSSR count). The SMILES string of the molecule is CC(C)(Oc1ccc(Cl)cc1OC(F)F)C(=O)NC1C[C@H]2CC[C@@H](C1)N2c1ccc(C(=O)NCC(F)F)cn1. The second-order valence-electron chi connectivity index (χ2n) is 10.0. The summed E-state index contributed by atoms with van der Waals surface area (Å²) in [4.78, 5) is 31.7. The summed E-state index contributed by atoms with van der Waals surface area (Å²) in [6, 6.07) is 7.33. The van der Waals surface area contributed by atoms with Crippen LogP contribution >= 0.6 is 11.6 Å². The highest BCUT2D eigenvalue weighted by Crippen LogP contribution is 2.39. The molecule has 0 radical (unpaired) electrons. The van der Waals surface area contributed by atoms with Crippen molar-refractivity contribution in [3.05, 3.63) is 47.1 Å². The summed E-state index contributed by atoms with van der Waals surface area (Å²) in [5.74, 6) is -0.650. The zero-order valence-electron chi connectivity index (χ0n) is 21.3. The van der Waals surface area contributed by atoms with Gasteiger partial charge in [0.25, 0.3) is 18.2 Å². The van der Waals surface area contributed by atoms with Crippen LogP contribution in [0.4, 0.5) is 23.4 Å². The van der Waals surface area contributed by atoms with E-state index in [0.717, 1.165) is 12.8 Å². The van der Waals surface area contributed by atoms with E-state index in [4.69, 9.17) is 16.3 Å². The van der Waals surface area contributed by atoms with Crippen LogP contribution < -0.4 is 25.0 Å². The number of benzene rings is 1. The number of rotatable bonds is 10. The number of amides is 2. The Morgan fingerprint density at radius 3 is 2.38 bits per heavy atom. The van der Waals surface area contributed by atoms with E-state index in [1.165, 1.54) is 38.2 Å². The van der Waals surface area contributed by atoms with Crippen LogP contribution in [0.2, 0.25) is 5.02 Å². The van der Waals surface area contributed by atoms with E-state index < -0.39 is 37.0 Å². The van der Waals surface area contributed by atoms with E-state index >= 15 is 0 Å². The van der Waals surface area contributed by atoms with Crippen molar-refractivity contribution in [1.29, 1.82) is 0 Å². The van der Waals surface area contributed by atoms with Crippen molar-refractivity contribution in [2.24, 2.45) is 0 Å². The third-order valence-corrected chi connectivity index (χ3v) is 7.03. The predicted molar refractivity (Wildman–Crippen MR) is 136 cm³/mol. The van der Waals surface area contributed by atoms with Gasteiger partial charge in [-0.1, -0.05) is 11.6 Å². The molecule has 1 aromatic heterocycles. The van der Waals surface area contributed by atoms with E-state index in [1.54, 1.807) is 12.1 Å². The first-order chi connectivity index (χ1) is 18.4. The quantitative estimate of drug-likeness (QED) is 0.397. The topological polar surface area (TPSA) is 92.8 Å². The van der Waals surface area contributed by atoms with Crippen LogP contribution in [0.5, 0.6) is 11.5 Å². The first kappa shape index (κ1) is 28.7. The molecule has 3 atom stereocenters. The van der Waals surface area contributed by atoms with Gasteiger partial charge in [0.05, 0.1) is 12.1 Å². The van der Waals surface area contributed by atoms with Crippen LogP contribution in [0.25, 0.3) is 0 Å². The van der Waals surface area contributed by atoms with E-state index in [1.807, 2.05) is 0 Å². The zero-order chi connectivity index (χ0) is 28.3. The van der Waals surface area contributed by atoms with Gasteiger partial charge in [0.1, 0.15) is 5.82 Å². The molecule has 2 N–H and O–H groups in total. The molecule has 2 aliphatic rings. The van der Waals surface area contributed by atoms with Crippen LogP contribution in [0.15, 0.2) is 36.5 Å². The molecule has 0 spiro atoms. The molecule has 1 unspecified atom stereocenters. The minimum absolute atomic E-state index is 0.0350. The van der Waals surface area contributed by atoms with E-state index in [0.29, 0.717) is 18.7 Å². The number of nitrogens with zero attached hydrogens (tertiary/aromatic N) is 2. The molecule has 0 aliphatic carbocycles. The monoisotopic (exact) mass is 572 g/mol. The summed E-state index contributed by atoms with van der Waals surface area (Å²) in [7, 11) is 0. The Kier molecular flexibility index (Phi) is 8.73.